The minimum atomic E-state index is -3.40. The van der Waals surface area contributed by atoms with Crippen LogP contribution in [0.25, 0.3) is 11.6 Å². The topological polar surface area (TPSA) is 37.4 Å². The highest BCUT2D eigenvalue weighted by Crippen LogP contribution is 2.35. The fraction of sp³-hybridized carbons (Fsp3) is 0.143. The van der Waals surface area contributed by atoms with Crippen molar-refractivity contribution in [2.24, 2.45) is 0 Å². The number of fused-ring (bicyclic) bond motifs is 1. The number of anilines is 1. The Morgan fingerprint density at radius 3 is 2.75 bits per heavy atom. The van der Waals surface area contributed by atoms with Gasteiger partial charge in [-0.05, 0) is 52.2 Å². The molecule has 20 heavy (non-hydrogen) atoms. The SMILES string of the molecule is CS(=O)(=O)N1CC(c2ccsc2)=Cc2cc(F)ccc21. The fourth-order valence-corrected chi connectivity index (χ4v) is 3.84. The molecule has 0 unspecified atom stereocenters. The van der Waals surface area contributed by atoms with Crippen molar-refractivity contribution >= 4 is 38.7 Å². The fourth-order valence-electron chi connectivity index (χ4n) is 2.26. The van der Waals surface area contributed by atoms with E-state index in [-0.39, 0.29) is 12.4 Å². The molecule has 1 aromatic heterocycles. The number of thiophene rings is 1. The number of rotatable bonds is 2. The van der Waals surface area contributed by atoms with Gasteiger partial charge in [0.25, 0.3) is 0 Å². The lowest BCUT2D eigenvalue weighted by atomic mass is 10.0. The van der Waals surface area contributed by atoms with E-state index in [1.165, 1.54) is 22.5 Å². The molecular weight excluding hydrogens is 297 g/mol. The molecule has 0 fully saturated rings. The standard InChI is InChI=1S/C14H12FNO2S2/c1-20(17,18)16-8-12(10-4-5-19-9-10)6-11-7-13(15)2-3-14(11)16/h2-7,9H,8H2,1H3. The Kier molecular flexibility index (Phi) is 3.14. The first-order valence-corrected chi connectivity index (χ1v) is 8.75. The van der Waals surface area contributed by atoms with Crippen LogP contribution >= 0.6 is 11.3 Å². The molecule has 3 rings (SSSR count). The summed E-state index contributed by atoms with van der Waals surface area (Å²) in [6, 6.07) is 6.08. The van der Waals surface area contributed by atoms with E-state index in [1.54, 1.807) is 11.3 Å². The summed E-state index contributed by atoms with van der Waals surface area (Å²) < 4.78 is 38.6. The van der Waals surface area contributed by atoms with Crippen LogP contribution in [0.1, 0.15) is 11.1 Å². The van der Waals surface area contributed by atoms with E-state index in [0.29, 0.717) is 11.3 Å². The highest BCUT2D eigenvalue weighted by Gasteiger charge is 2.25. The summed E-state index contributed by atoms with van der Waals surface area (Å²) in [7, 11) is -3.40. The first-order valence-electron chi connectivity index (χ1n) is 5.95. The van der Waals surface area contributed by atoms with Crippen molar-refractivity contribution < 1.29 is 12.8 Å². The molecule has 0 saturated heterocycles. The van der Waals surface area contributed by atoms with Gasteiger partial charge in [-0.25, -0.2) is 12.8 Å². The van der Waals surface area contributed by atoms with Gasteiger partial charge in [-0.2, -0.15) is 11.3 Å². The quantitative estimate of drug-likeness (QED) is 0.854. The Morgan fingerprint density at radius 2 is 2.10 bits per heavy atom. The molecule has 0 atom stereocenters. The lowest BCUT2D eigenvalue weighted by Crippen LogP contribution is -2.33. The molecule has 1 aromatic carbocycles. The number of hydrogen-bond acceptors (Lipinski definition) is 3. The molecule has 0 N–H and O–H groups in total. The first-order chi connectivity index (χ1) is 9.45. The van der Waals surface area contributed by atoms with Crippen molar-refractivity contribution in [3.63, 3.8) is 0 Å². The number of nitrogens with zero attached hydrogens (tertiary/aromatic N) is 1. The molecule has 0 radical (unpaired) electrons. The van der Waals surface area contributed by atoms with E-state index in [9.17, 15) is 12.8 Å². The molecule has 3 nitrogen and oxygen atoms in total. The second kappa shape index (κ2) is 4.71. The molecule has 1 aliphatic rings. The second-order valence-corrected chi connectivity index (χ2v) is 7.34. The third-order valence-corrected chi connectivity index (χ3v) is 5.00. The Balaban J connectivity index is 2.19. The summed E-state index contributed by atoms with van der Waals surface area (Å²) in [5, 5.41) is 3.89. The minimum absolute atomic E-state index is 0.272. The van der Waals surface area contributed by atoms with Gasteiger partial charge in [0, 0.05) is 5.56 Å². The summed E-state index contributed by atoms with van der Waals surface area (Å²) in [5.74, 6) is -0.375. The van der Waals surface area contributed by atoms with Crippen molar-refractivity contribution in [1.29, 1.82) is 0 Å². The van der Waals surface area contributed by atoms with Crippen molar-refractivity contribution in [2.75, 3.05) is 17.1 Å². The van der Waals surface area contributed by atoms with Gasteiger partial charge < -0.3 is 0 Å². The van der Waals surface area contributed by atoms with E-state index in [2.05, 4.69) is 0 Å². The van der Waals surface area contributed by atoms with Crippen molar-refractivity contribution in [3.05, 3.63) is 52.0 Å². The van der Waals surface area contributed by atoms with Crippen LogP contribution in [-0.4, -0.2) is 21.2 Å². The maximum Gasteiger partial charge on any atom is 0.232 e. The number of benzene rings is 1. The monoisotopic (exact) mass is 309 g/mol. The normalized spacial score (nSPS) is 14.9. The van der Waals surface area contributed by atoms with Gasteiger partial charge in [0.1, 0.15) is 5.82 Å². The van der Waals surface area contributed by atoms with Crippen LogP contribution in [0.2, 0.25) is 0 Å². The predicted molar refractivity (Wildman–Crippen MR) is 80.8 cm³/mol. The van der Waals surface area contributed by atoms with Crippen LogP contribution in [0.15, 0.2) is 35.0 Å². The van der Waals surface area contributed by atoms with E-state index >= 15 is 0 Å². The molecule has 0 bridgehead atoms. The third-order valence-electron chi connectivity index (χ3n) is 3.19. The molecule has 104 valence electrons. The number of sulfonamides is 1. The Morgan fingerprint density at radius 1 is 1.30 bits per heavy atom. The van der Waals surface area contributed by atoms with Gasteiger partial charge in [-0.1, -0.05) is 0 Å². The molecule has 6 heteroatoms. The summed E-state index contributed by atoms with van der Waals surface area (Å²) >= 11 is 1.54. The van der Waals surface area contributed by atoms with Gasteiger partial charge in [0.2, 0.25) is 10.0 Å². The van der Waals surface area contributed by atoms with E-state index in [1.807, 2.05) is 22.9 Å². The summed E-state index contributed by atoms with van der Waals surface area (Å²) in [5.41, 5.74) is 2.95. The maximum absolute atomic E-state index is 13.4. The minimum Gasteiger partial charge on any atom is -0.265 e. The van der Waals surface area contributed by atoms with Crippen molar-refractivity contribution in [1.82, 2.24) is 0 Å². The smallest absolute Gasteiger partial charge is 0.232 e. The zero-order chi connectivity index (χ0) is 14.3. The van der Waals surface area contributed by atoms with E-state index < -0.39 is 10.0 Å². The molecule has 2 aromatic rings. The zero-order valence-electron chi connectivity index (χ0n) is 10.7. The number of hydrogen-bond donors (Lipinski definition) is 0. The first kappa shape index (κ1) is 13.3. The molecule has 0 spiro atoms. The average Bonchev–Trinajstić information content (AvgIpc) is 2.89. The summed E-state index contributed by atoms with van der Waals surface area (Å²) in [6.45, 7) is 0.272. The van der Waals surface area contributed by atoms with E-state index in [0.717, 1.165) is 17.4 Å². The molecule has 1 aliphatic heterocycles. The molecule has 0 aliphatic carbocycles. The predicted octanol–water partition coefficient (Wildman–Crippen LogP) is 3.21. The highest BCUT2D eigenvalue weighted by molar-refractivity contribution is 7.92. The van der Waals surface area contributed by atoms with Crippen LogP contribution in [0.5, 0.6) is 0 Å². The molecule has 0 saturated carbocycles. The van der Waals surface area contributed by atoms with Gasteiger partial charge in [0.05, 0.1) is 18.5 Å². The highest BCUT2D eigenvalue weighted by atomic mass is 32.2. The maximum atomic E-state index is 13.4. The largest absolute Gasteiger partial charge is 0.265 e. The Bertz CT molecular complexity index is 780. The third kappa shape index (κ3) is 2.36. The van der Waals surface area contributed by atoms with Gasteiger partial charge in [-0.15, -0.1) is 0 Å². The Hall–Kier alpha value is -1.66. The van der Waals surface area contributed by atoms with Crippen LogP contribution in [0, 0.1) is 5.82 Å². The van der Waals surface area contributed by atoms with Crippen LogP contribution in [0.4, 0.5) is 10.1 Å². The average molecular weight is 309 g/mol. The van der Waals surface area contributed by atoms with Gasteiger partial charge >= 0.3 is 0 Å². The molecule has 0 amide bonds. The zero-order valence-corrected chi connectivity index (χ0v) is 12.3. The van der Waals surface area contributed by atoms with Gasteiger partial charge in [0.15, 0.2) is 0 Å². The summed E-state index contributed by atoms with van der Waals surface area (Å²) in [6.07, 6.45) is 3.01. The molecular formula is C14H12FNO2S2. The van der Waals surface area contributed by atoms with E-state index in [4.69, 9.17) is 0 Å². The lowest BCUT2D eigenvalue weighted by Gasteiger charge is -2.29. The number of halogens is 1. The van der Waals surface area contributed by atoms with Crippen molar-refractivity contribution in [3.8, 4) is 0 Å². The molecule has 2 heterocycles. The lowest BCUT2D eigenvalue weighted by molar-refractivity contribution is 0.598. The second-order valence-electron chi connectivity index (χ2n) is 4.65. The van der Waals surface area contributed by atoms with Gasteiger partial charge in [-0.3, -0.25) is 4.31 Å². The van der Waals surface area contributed by atoms with Crippen LogP contribution < -0.4 is 4.31 Å². The summed E-state index contributed by atoms with van der Waals surface area (Å²) in [4.78, 5) is 0. The Labute approximate surface area is 121 Å². The van der Waals surface area contributed by atoms with Crippen molar-refractivity contribution in [2.45, 2.75) is 0 Å². The van der Waals surface area contributed by atoms with Crippen LogP contribution in [0.3, 0.4) is 0 Å². The van der Waals surface area contributed by atoms with Crippen LogP contribution in [-0.2, 0) is 10.0 Å².